The predicted octanol–water partition coefficient (Wildman–Crippen LogP) is 1.32. The molecule has 0 fully saturated rings. The summed E-state index contributed by atoms with van der Waals surface area (Å²) in [6.07, 6.45) is 0.962. The van der Waals surface area contributed by atoms with Crippen molar-refractivity contribution in [1.29, 1.82) is 0 Å². The van der Waals surface area contributed by atoms with Crippen LogP contribution in [-0.4, -0.2) is 38.1 Å². The van der Waals surface area contributed by atoms with Gasteiger partial charge in [0.25, 0.3) is 0 Å². The average molecular weight is 216 g/mol. The van der Waals surface area contributed by atoms with Crippen molar-refractivity contribution >= 4 is 11.3 Å². The molecular weight excluding hydrogens is 200 g/mol. The van der Waals surface area contributed by atoms with Crippen LogP contribution in [-0.2, 0) is 15.9 Å². The van der Waals surface area contributed by atoms with Crippen LogP contribution >= 0.6 is 11.3 Å². The molecule has 1 heterocycles. The fraction of sp³-hybridized carbons (Fsp3) is 0.600. The summed E-state index contributed by atoms with van der Waals surface area (Å²) in [6.45, 7) is 2.37. The van der Waals surface area contributed by atoms with Gasteiger partial charge in [0.15, 0.2) is 0 Å². The van der Waals surface area contributed by atoms with Crippen LogP contribution in [0.1, 0.15) is 5.56 Å². The summed E-state index contributed by atoms with van der Waals surface area (Å²) in [5, 5.41) is 12.6. The summed E-state index contributed by atoms with van der Waals surface area (Å²) in [4.78, 5) is 0. The van der Waals surface area contributed by atoms with E-state index in [4.69, 9.17) is 14.6 Å². The van der Waals surface area contributed by atoms with E-state index in [2.05, 4.69) is 16.8 Å². The zero-order valence-corrected chi connectivity index (χ0v) is 8.96. The van der Waals surface area contributed by atoms with Crippen LogP contribution < -0.4 is 0 Å². The third kappa shape index (κ3) is 5.34. The molecule has 0 aromatic carbocycles. The number of hydrogen-bond acceptors (Lipinski definition) is 4. The first-order valence-electron chi connectivity index (χ1n) is 4.71. The Labute approximate surface area is 88.3 Å². The molecule has 0 atom stereocenters. The minimum Gasteiger partial charge on any atom is -0.394 e. The quantitative estimate of drug-likeness (QED) is 0.666. The van der Waals surface area contributed by atoms with Gasteiger partial charge in [-0.05, 0) is 28.8 Å². The van der Waals surface area contributed by atoms with Gasteiger partial charge in [-0.2, -0.15) is 11.3 Å². The Morgan fingerprint density at radius 2 is 1.93 bits per heavy atom. The number of thiophene rings is 1. The van der Waals surface area contributed by atoms with Gasteiger partial charge in [-0.1, -0.05) is 0 Å². The van der Waals surface area contributed by atoms with Gasteiger partial charge < -0.3 is 14.6 Å². The minimum atomic E-state index is 0.0783. The number of hydrogen-bond donors (Lipinski definition) is 1. The highest BCUT2D eigenvalue weighted by molar-refractivity contribution is 7.07. The maximum Gasteiger partial charge on any atom is 0.0701 e. The van der Waals surface area contributed by atoms with Crippen LogP contribution in [0.2, 0.25) is 0 Å². The van der Waals surface area contributed by atoms with E-state index in [9.17, 15) is 0 Å². The van der Waals surface area contributed by atoms with Crippen molar-refractivity contribution < 1.29 is 14.6 Å². The second kappa shape index (κ2) is 7.94. The highest BCUT2D eigenvalue weighted by Gasteiger charge is 1.93. The van der Waals surface area contributed by atoms with Crippen molar-refractivity contribution in [3.63, 3.8) is 0 Å². The Balaban J connectivity index is 1.85. The highest BCUT2D eigenvalue weighted by Crippen LogP contribution is 2.06. The highest BCUT2D eigenvalue weighted by atomic mass is 32.1. The molecular formula is C10H16O3S. The fourth-order valence-corrected chi connectivity index (χ4v) is 1.71. The molecule has 0 radical (unpaired) electrons. The maximum atomic E-state index is 8.43. The Morgan fingerprint density at radius 1 is 1.14 bits per heavy atom. The number of aliphatic hydroxyl groups is 1. The molecule has 14 heavy (non-hydrogen) atoms. The van der Waals surface area contributed by atoms with Crippen molar-refractivity contribution in [2.45, 2.75) is 6.42 Å². The minimum absolute atomic E-state index is 0.0783. The van der Waals surface area contributed by atoms with Gasteiger partial charge >= 0.3 is 0 Å². The predicted molar refractivity (Wildman–Crippen MR) is 56.7 cm³/mol. The van der Waals surface area contributed by atoms with Crippen molar-refractivity contribution in [3.05, 3.63) is 22.4 Å². The summed E-state index contributed by atoms with van der Waals surface area (Å²) >= 11 is 1.71. The SMILES string of the molecule is OCCOCCOCCc1ccsc1. The summed E-state index contributed by atoms with van der Waals surface area (Å²) in [5.74, 6) is 0. The Hall–Kier alpha value is -0.420. The first-order valence-corrected chi connectivity index (χ1v) is 5.65. The van der Waals surface area contributed by atoms with Gasteiger partial charge in [0.2, 0.25) is 0 Å². The molecule has 1 aromatic rings. The molecule has 0 aliphatic rings. The van der Waals surface area contributed by atoms with E-state index in [0.717, 1.165) is 13.0 Å². The molecule has 0 bridgehead atoms. The first-order chi connectivity index (χ1) is 6.93. The largest absolute Gasteiger partial charge is 0.394 e. The monoisotopic (exact) mass is 216 g/mol. The van der Waals surface area contributed by atoms with E-state index < -0.39 is 0 Å². The standard InChI is InChI=1S/C10H16O3S/c11-3-5-13-7-6-12-4-1-10-2-8-14-9-10/h2,8-9,11H,1,3-7H2. The first kappa shape index (κ1) is 11.7. The lowest BCUT2D eigenvalue weighted by Crippen LogP contribution is -2.08. The van der Waals surface area contributed by atoms with E-state index >= 15 is 0 Å². The summed E-state index contributed by atoms with van der Waals surface area (Å²) < 4.78 is 10.4. The molecule has 1 N–H and O–H groups in total. The van der Waals surface area contributed by atoms with Crippen LogP contribution in [0.4, 0.5) is 0 Å². The van der Waals surface area contributed by atoms with Gasteiger partial charge in [0, 0.05) is 0 Å². The van der Waals surface area contributed by atoms with Crippen LogP contribution in [0.15, 0.2) is 16.8 Å². The van der Waals surface area contributed by atoms with Crippen LogP contribution in [0.5, 0.6) is 0 Å². The van der Waals surface area contributed by atoms with Gasteiger partial charge in [0.1, 0.15) is 0 Å². The summed E-state index contributed by atoms with van der Waals surface area (Å²) in [5.41, 5.74) is 1.33. The smallest absolute Gasteiger partial charge is 0.0701 e. The van der Waals surface area contributed by atoms with E-state index in [0.29, 0.717) is 19.8 Å². The molecule has 0 aliphatic heterocycles. The maximum absolute atomic E-state index is 8.43. The fourth-order valence-electron chi connectivity index (χ4n) is 1.01. The molecule has 1 aromatic heterocycles. The van der Waals surface area contributed by atoms with Crippen LogP contribution in [0, 0.1) is 0 Å². The normalized spacial score (nSPS) is 10.6. The molecule has 4 heteroatoms. The van der Waals surface area contributed by atoms with Crippen molar-refractivity contribution in [2.75, 3.05) is 33.0 Å². The molecule has 0 unspecified atom stereocenters. The molecule has 1 rings (SSSR count). The molecule has 0 saturated heterocycles. The Morgan fingerprint density at radius 3 is 2.57 bits per heavy atom. The van der Waals surface area contributed by atoms with E-state index in [1.54, 1.807) is 11.3 Å². The topological polar surface area (TPSA) is 38.7 Å². The molecule has 0 aliphatic carbocycles. The van der Waals surface area contributed by atoms with Gasteiger partial charge in [-0.3, -0.25) is 0 Å². The molecule has 0 spiro atoms. The number of ether oxygens (including phenoxy) is 2. The average Bonchev–Trinajstić information content (AvgIpc) is 2.69. The van der Waals surface area contributed by atoms with E-state index in [1.807, 2.05) is 0 Å². The van der Waals surface area contributed by atoms with Gasteiger partial charge in [-0.25, -0.2) is 0 Å². The molecule has 0 saturated carbocycles. The zero-order valence-electron chi connectivity index (χ0n) is 8.15. The lowest BCUT2D eigenvalue weighted by molar-refractivity contribution is 0.0340. The van der Waals surface area contributed by atoms with E-state index in [1.165, 1.54) is 5.56 Å². The second-order valence-electron chi connectivity index (χ2n) is 2.83. The zero-order chi connectivity index (χ0) is 10.1. The van der Waals surface area contributed by atoms with Crippen molar-refractivity contribution in [1.82, 2.24) is 0 Å². The Bertz CT molecular complexity index is 211. The van der Waals surface area contributed by atoms with Crippen LogP contribution in [0.3, 0.4) is 0 Å². The molecule has 80 valence electrons. The van der Waals surface area contributed by atoms with Crippen LogP contribution in [0.25, 0.3) is 0 Å². The lowest BCUT2D eigenvalue weighted by Gasteiger charge is -2.03. The molecule has 3 nitrogen and oxygen atoms in total. The molecule has 0 amide bonds. The number of aliphatic hydroxyl groups excluding tert-OH is 1. The van der Waals surface area contributed by atoms with Gasteiger partial charge in [0.05, 0.1) is 33.0 Å². The second-order valence-corrected chi connectivity index (χ2v) is 3.61. The van der Waals surface area contributed by atoms with Crippen molar-refractivity contribution in [3.8, 4) is 0 Å². The third-order valence-corrected chi connectivity index (χ3v) is 2.45. The third-order valence-electron chi connectivity index (χ3n) is 1.72. The van der Waals surface area contributed by atoms with Gasteiger partial charge in [-0.15, -0.1) is 0 Å². The Kier molecular flexibility index (Phi) is 6.61. The van der Waals surface area contributed by atoms with Crippen molar-refractivity contribution in [2.24, 2.45) is 0 Å². The van der Waals surface area contributed by atoms with E-state index in [-0.39, 0.29) is 6.61 Å². The summed E-state index contributed by atoms with van der Waals surface area (Å²) in [6, 6.07) is 2.11. The number of rotatable bonds is 8. The lowest BCUT2D eigenvalue weighted by atomic mass is 10.3. The summed E-state index contributed by atoms with van der Waals surface area (Å²) in [7, 11) is 0.